The number of nitrogens with two attached hydrogens (primary N) is 1. The van der Waals surface area contributed by atoms with Crippen molar-refractivity contribution in [3.8, 4) is 5.75 Å². The highest BCUT2D eigenvalue weighted by molar-refractivity contribution is 5.97. The van der Waals surface area contributed by atoms with Crippen LogP contribution in [-0.4, -0.2) is 25.1 Å². The summed E-state index contributed by atoms with van der Waals surface area (Å²) in [5.74, 6) is 1.85. The molecule has 1 amide bonds. The van der Waals surface area contributed by atoms with E-state index in [2.05, 4.69) is 5.32 Å². The fraction of sp³-hybridized carbons (Fsp3) is 0.562. The molecule has 0 radical (unpaired) electrons. The molecule has 3 rings (SSSR count). The van der Waals surface area contributed by atoms with Gasteiger partial charge in [0.25, 0.3) is 5.91 Å². The fourth-order valence-corrected chi connectivity index (χ4v) is 2.39. The average Bonchev–Trinajstić information content (AvgIpc) is 3.36. The lowest BCUT2D eigenvalue weighted by Crippen LogP contribution is -2.41. The molecule has 2 aliphatic carbocycles. The summed E-state index contributed by atoms with van der Waals surface area (Å²) in [6, 6.07) is 7.55. The van der Waals surface area contributed by atoms with Gasteiger partial charge in [-0.2, -0.15) is 0 Å². The first-order valence-electron chi connectivity index (χ1n) is 7.50. The average molecular weight is 311 g/mol. The molecule has 21 heavy (non-hydrogen) atoms. The second kappa shape index (κ2) is 7.14. The van der Waals surface area contributed by atoms with Crippen molar-refractivity contribution in [3.05, 3.63) is 29.8 Å². The molecule has 1 aromatic carbocycles. The molecule has 0 saturated heterocycles. The van der Waals surface area contributed by atoms with Gasteiger partial charge in [-0.1, -0.05) is 12.1 Å². The second-order valence-electron chi connectivity index (χ2n) is 5.90. The van der Waals surface area contributed by atoms with Crippen molar-refractivity contribution in [2.24, 2.45) is 17.6 Å². The number of nitrogens with one attached hydrogen (secondary N) is 1. The van der Waals surface area contributed by atoms with E-state index < -0.39 is 0 Å². The van der Waals surface area contributed by atoms with Crippen molar-refractivity contribution in [1.82, 2.24) is 5.32 Å². The van der Waals surface area contributed by atoms with E-state index in [0.29, 0.717) is 36.3 Å². The molecule has 2 saturated carbocycles. The Morgan fingerprint density at radius 2 is 2.00 bits per heavy atom. The molecule has 3 N–H and O–H groups in total. The Bertz CT molecular complexity index is 487. The van der Waals surface area contributed by atoms with Crippen molar-refractivity contribution in [2.45, 2.75) is 31.7 Å². The maximum absolute atomic E-state index is 12.4. The van der Waals surface area contributed by atoms with E-state index in [9.17, 15) is 4.79 Å². The molecule has 2 aliphatic rings. The van der Waals surface area contributed by atoms with Crippen LogP contribution in [0.4, 0.5) is 0 Å². The molecule has 1 aromatic rings. The summed E-state index contributed by atoms with van der Waals surface area (Å²) in [6.45, 7) is 1.22. The summed E-state index contributed by atoms with van der Waals surface area (Å²) in [7, 11) is 0. The summed E-state index contributed by atoms with van der Waals surface area (Å²) in [4.78, 5) is 12.4. The SMILES string of the molecule is Cl.NCC(NC(=O)c1ccccc1OCC1CC1)C1CC1. The van der Waals surface area contributed by atoms with Gasteiger partial charge in [-0.3, -0.25) is 4.79 Å². The Hall–Kier alpha value is -1.26. The third-order valence-corrected chi connectivity index (χ3v) is 4.06. The van der Waals surface area contributed by atoms with Crippen LogP contribution in [0.15, 0.2) is 24.3 Å². The quantitative estimate of drug-likeness (QED) is 0.812. The van der Waals surface area contributed by atoms with Gasteiger partial charge in [0.1, 0.15) is 5.75 Å². The smallest absolute Gasteiger partial charge is 0.255 e. The first kappa shape index (κ1) is 16.1. The van der Waals surface area contributed by atoms with E-state index >= 15 is 0 Å². The number of para-hydroxylation sites is 1. The monoisotopic (exact) mass is 310 g/mol. The molecule has 5 heteroatoms. The predicted molar refractivity (Wildman–Crippen MR) is 84.9 cm³/mol. The third kappa shape index (κ3) is 4.35. The maximum Gasteiger partial charge on any atom is 0.255 e. The molecular formula is C16H23ClN2O2. The number of amides is 1. The molecule has 2 fully saturated rings. The van der Waals surface area contributed by atoms with Crippen LogP contribution >= 0.6 is 12.4 Å². The fourth-order valence-electron chi connectivity index (χ4n) is 2.39. The van der Waals surface area contributed by atoms with Crippen LogP contribution < -0.4 is 15.8 Å². The lowest BCUT2D eigenvalue weighted by molar-refractivity contribution is 0.0929. The van der Waals surface area contributed by atoms with E-state index in [1.165, 1.54) is 25.7 Å². The summed E-state index contributed by atoms with van der Waals surface area (Å²) in [6.07, 6.45) is 4.82. The maximum atomic E-state index is 12.4. The zero-order valence-electron chi connectivity index (χ0n) is 12.1. The normalized spacial score (nSPS) is 18.5. The van der Waals surface area contributed by atoms with Crippen molar-refractivity contribution in [3.63, 3.8) is 0 Å². The highest BCUT2D eigenvalue weighted by atomic mass is 35.5. The van der Waals surface area contributed by atoms with Gasteiger partial charge in [-0.25, -0.2) is 0 Å². The first-order valence-corrected chi connectivity index (χ1v) is 7.50. The second-order valence-corrected chi connectivity index (χ2v) is 5.90. The molecule has 116 valence electrons. The van der Waals surface area contributed by atoms with Gasteiger partial charge in [0.05, 0.1) is 12.2 Å². The minimum absolute atomic E-state index is 0. The molecule has 4 nitrogen and oxygen atoms in total. The lowest BCUT2D eigenvalue weighted by atomic mass is 10.1. The Balaban J connectivity index is 0.00000161. The molecule has 0 spiro atoms. The van der Waals surface area contributed by atoms with Gasteiger partial charge in [0.15, 0.2) is 0 Å². The summed E-state index contributed by atoms with van der Waals surface area (Å²) in [5, 5.41) is 3.04. The van der Waals surface area contributed by atoms with Gasteiger partial charge < -0.3 is 15.8 Å². The molecule has 0 heterocycles. The number of rotatable bonds is 7. The van der Waals surface area contributed by atoms with Crippen molar-refractivity contribution < 1.29 is 9.53 Å². The molecule has 0 bridgehead atoms. The number of hydrogen-bond acceptors (Lipinski definition) is 3. The Kier molecular flexibility index (Phi) is 5.48. The summed E-state index contributed by atoms with van der Waals surface area (Å²) < 4.78 is 5.78. The number of carbonyl (C=O) groups is 1. The number of halogens is 1. The molecule has 1 atom stereocenters. The number of benzene rings is 1. The van der Waals surface area contributed by atoms with E-state index in [0.717, 1.165) is 0 Å². The van der Waals surface area contributed by atoms with Crippen molar-refractivity contribution in [1.29, 1.82) is 0 Å². The number of ether oxygens (including phenoxy) is 1. The zero-order chi connectivity index (χ0) is 13.9. The lowest BCUT2D eigenvalue weighted by Gasteiger charge is -2.17. The van der Waals surface area contributed by atoms with E-state index in [1.807, 2.05) is 24.3 Å². The highest BCUT2D eigenvalue weighted by Gasteiger charge is 2.32. The van der Waals surface area contributed by atoms with Gasteiger partial charge in [-0.05, 0) is 49.7 Å². The topological polar surface area (TPSA) is 64.3 Å². The van der Waals surface area contributed by atoms with Gasteiger partial charge in [0.2, 0.25) is 0 Å². The number of carbonyl (C=O) groups excluding carboxylic acids is 1. The minimum atomic E-state index is -0.0706. The highest BCUT2D eigenvalue weighted by Crippen LogP contribution is 2.33. The number of hydrogen-bond donors (Lipinski definition) is 2. The Labute approximate surface area is 131 Å². The van der Waals surface area contributed by atoms with Crippen LogP contribution in [0, 0.1) is 11.8 Å². The van der Waals surface area contributed by atoms with E-state index in [4.69, 9.17) is 10.5 Å². The minimum Gasteiger partial charge on any atom is -0.492 e. The third-order valence-electron chi connectivity index (χ3n) is 4.06. The molecule has 0 aromatic heterocycles. The van der Waals surface area contributed by atoms with E-state index in [1.54, 1.807) is 0 Å². The first-order chi connectivity index (χ1) is 9.78. The molecule has 1 unspecified atom stereocenters. The Morgan fingerprint density at radius 3 is 2.62 bits per heavy atom. The van der Waals surface area contributed by atoms with Crippen LogP contribution in [0.25, 0.3) is 0 Å². The van der Waals surface area contributed by atoms with Crippen LogP contribution in [0.3, 0.4) is 0 Å². The summed E-state index contributed by atoms with van der Waals surface area (Å²) >= 11 is 0. The van der Waals surface area contributed by atoms with Crippen LogP contribution in [0.1, 0.15) is 36.0 Å². The largest absolute Gasteiger partial charge is 0.492 e. The zero-order valence-corrected chi connectivity index (χ0v) is 12.9. The van der Waals surface area contributed by atoms with Gasteiger partial charge >= 0.3 is 0 Å². The van der Waals surface area contributed by atoms with Crippen LogP contribution in [-0.2, 0) is 0 Å². The van der Waals surface area contributed by atoms with Crippen LogP contribution in [0.5, 0.6) is 5.75 Å². The van der Waals surface area contributed by atoms with E-state index in [-0.39, 0.29) is 24.4 Å². The van der Waals surface area contributed by atoms with Crippen molar-refractivity contribution >= 4 is 18.3 Å². The van der Waals surface area contributed by atoms with Crippen molar-refractivity contribution in [2.75, 3.05) is 13.2 Å². The summed E-state index contributed by atoms with van der Waals surface area (Å²) in [5.41, 5.74) is 6.36. The van der Waals surface area contributed by atoms with Gasteiger partial charge in [-0.15, -0.1) is 12.4 Å². The molecule has 0 aliphatic heterocycles. The Morgan fingerprint density at radius 1 is 1.29 bits per heavy atom. The van der Waals surface area contributed by atoms with Crippen LogP contribution in [0.2, 0.25) is 0 Å². The standard InChI is InChI=1S/C16H22N2O2.ClH/c17-9-14(12-7-8-12)18-16(19)13-3-1-2-4-15(13)20-10-11-5-6-11;/h1-4,11-12,14H,5-10,17H2,(H,18,19);1H. The molecular weight excluding hydrogens is 288 g/mol. The van der Waals surface area contributed by atoms with Gasteiger partial charge in [0, 0.05) is 12.6 Å². The predicted octanol–water partition coefficient (Wildman–Crippen LogP) is 2.36.